The van der Waals surface area contributed by atoms with Gasteiger partial charge in [0.1, 0.15) is 22.2 Å². The highest BCUT2D eigenvalue weighted by Crippen LogP contribution is 2.39. The van der Waals surface area contributed by atoms with Crippen molar-refractivity contribution in [3.05, 3.63) is 64.8 Å². The van der Waals surface area contributed by atoms with Crippen LogP contribution in [0.15, 0.2) is 53.6 Å². The zero-order valence-corrected chi connectivity index (χ0v) is 18.2. The molecule has 0 saturated heterocycles. The molecule has 1 aliphatic rings. The summed E-state index contributed by atoms with van der Waals surface area (Å²) >= 11 is 6.51. The standard InChI is InChI=1S/C21H20ClN3O4S/c1-28-15-8-4-6-13(10-15)17-12-18(25(24-17)30(3,26)27)16-11-14-7-5-9-19(29-2)20(14)23-21(16)22/h4-11,18H,12H2,1-3H3/t18-/m1/s1. The molecule has 1 atom stereocenters. The monoisotopic (exact) mass is 445 g/mol. The van der Waals surface area contributed by atoms with E-state index in [-0.39, 0.29) is 5.15 Å². The van der Waals surface area contributed by atoms with Crippen molar-refractivity contribution in [2.45, 2.75) is 12.5 Å². The van der Waals surface area contributed by atoms with Gasteiger partial charge in [-0.25, -0.2) is 13.4 Å². The van der Waals surface area contributed by atoms with E-state index in [0.717, 1.165) is 21.6 Å². The van der Waals surface area contributed by atoms with Crippen LogP contribution in [0.4, 0.5) is 0 Å². The fourth-order valence-electron chi connectivity index (χ4n) is 3.57. The van der Waals surface area contributed by atoms with Gasteiger partial charge in [-0.2, -0.15) is 9.52 Å². The summed E-state index contributed by atoms with van der Waals surface area (Å²) in [4.78, 5) is 4.48. The van der Waals surface area contributed by atoms with E-state index in [1.165, 1.54) is 0 Å². The number of rotatable bonds is 5. The van der Waals surface area contributed by atoms with E-state index in [4.69, 9.17) is 21.1 Å². The Morgan fingerprint density at radius 1 is 1.10 bits per heavy atom. The number of nitrogens with zero attached hydrogens (tertiary/aromatic N) is 3. The second kappa shape index (κ2) is 7.77. The fourth-order valence-corrected chi connectivity index (χ4v) is 4.73. The molecule has 0 bridgehead atoms. The van der Waals surface area contributed by atoms with Crippen molar-refractivity contribution in [3.63, 3.8) is 0 Å². The van der Waals surface area contributed by atoms with Crippen molar-refractivity contribution in [1.82, 2.24) is 9.40 Å². The van der Waals surface area contributed by atoms with Crippen molar-refractivity contribution in [2.75, 3.05) is 20.5 Å². The van der Waals surface area contributed by atoms with Crippen LogP contribution in [0.2, 0.25) is 5.15 Å². The van der Waals surface area contributed by atoms with E-state index in [1.807, 2.05) is 42.5 Å². The molecule has 0 aliphatic carbocycles. The number of hydrogen-bond acceptors (Lipinski definition) is 6. The summed E-state index contributed by atoms with van der Waals surface area (Å²) in [6.07, 6.45) is 1.49. The summed E-state index contributed by atoms with van der Waals surface area (Å²) in [7, 11) is -0.492. The first kappa shape index (κ1) is 20.4. The molecule has 0 amide bonds. The number of halogens is 1. The Kier molecular flexibility index (Phi) is 5.29. The molecular formula is C21H20ClN3O4S. The third-order valence-corrected chi connectivity index (χ3v) is 6.30. The van der Waals surface area contributed by atoms with Gasteiger partial charge in [-0.05, 0) is 24.3 Å². The molecule has 1 aromatic heterocycles. The molecule has 7 nitrogen and oxygen atoms in total. The highest BCUT2D eigenvalue weighted by atomic mass is 35.5. The highest BCUT2D eigenvalue weighted by Gasteiger charge is 2.36. The number of sulfonamides is 1. The van der Waals surface area contributed by atoms with Gasteiger partial charge in [0.25, 0.3) is 0 Å². The van der Waals surface area contributed by atoms with Crippen molar-refractivity contribution >= 4 is 38.2 Å². The minimum absolute atomic E-state index is 0.216. The molecule has 3 aromatic rings. The number of aromatic nitrogens is 1. The van der Waals surface area contributed by atoms with Gasteiger partial charge < -0.3 is 9.47 Å². The molecule has 30 heavy (non-hydrogen) atoms. The first-order chi connectivity index (χ1) is 14.3. The summed E-state index contributed by atoms with van der Waals surface area (Å²) in [6, 6.07) is 14.1. The molecule has 0 radical (unpaired) electrons. The predicted octanol–water partition coefficient (Wildman–Crippen LogP) is 4.02. The molecule has 1 aliphatic heterocycles. The Hall–Kier alpha value is -2.84. The quantitative estimate of drug-likeness (QED) is 0.554. The summed E-state index contributed by atoms with van der Waals surface area (Å²) in [5.74, 6) is 1.27. The van der Waals surface area contributed by atoms with Crippen LogP contribution in [0.3, 0.4) is 0 Å². The zero-order chi connectivity index (χ0) is 21.5. The molecule has 0 N–H and O–H groups in total. The lowest BCUT2D eigenvalue weighted by atomic mass is 9.99. The first-order valence-corrected chi connectivity index (χ1v) is 11.4. The van der Waals surface area contributed by atoms with E-state index in [9.17, 15) is 8.42 Å². The minimum atomic E-state index is -3.64. The lowest BCUT2D eigenvalue weighted by molar-refractivity contribution is 0.374. The average molecular weight is 446 g/mol. The zero-order valence-electron chi connectivity index (χ0n) is 16.7. The number of para-hydroxylation sites is 1. The van der Waals surface area contributed by atoms with Gasteiger partial charge in [0.05, 0.1) is 32.2 Å². The molecule has 0 fully saturated rings. The molecule has 156 valence electrons. The minimum Gasteiger partial charge on any atom is -0.497 e. The Morgan fingerprint density at radius 3 is 2.57 bits per heavy atom. The average Bonchev–Trinajstić information content (AvgIpc) is 3.19. The van der Waals surface area contributed by atoms with Crippen molar-refractivity contribution in [1.29, 1.82) is 0 Å². The van der Waals surface area contributed by atoms with Gasteiger partial charge in [0.2, 0.25) is 10.0 Å². The number of pyridine rings is 1. The third-order valence-electron chi connectivity index (χ3n) is 4.98. The maximum atomic E-state index is 12.5. The lowest BCUT2D eigenvalue weighted by Gasteiger charge is -2.22. The Bertz CT molecular complexity index is 1260. The van der Waals surface area contributed by atoms with E-state index in [1.54, 1.807) is 20.3 Å². The van der Waals surface area contributed by atoms with Gasteiger partial charge in [-0.1, -0.05) is 35.9 Å². The number of methoxy groups -OCH3 is 2. The fraction of sp³-hybridized carbons (Fsp3) is 0.238. The summed E-state index contributed by atoms with van der Waals surface area (Å²) in [5, 5.41) is 5.43. The first-order valence-electron chi connectivity index (χ1n) is 9.16. The second-order valence-electron chi connectivity index (χ2n) is 6.93. The van der Waals surface area contributed by atoms with Crippen LogP contribution in [0, 0.1) is 0 Å². The van der Waals surface area contributed by atoms with E-state index < -0.39 is 16.1 Å². The Labute approximate surface area is 179 Å². The van der Waals surface area contributed by atoms with Gasteiger partial charge >= 0.3 is 0 Å². The van der Waals surface area contributed by atoms with Gasteiger partial charge in [0.15, 0.2) is 0 Å². The van der Waals surface area contributed by atoms with Crippen LogP contribution in [-0.2, 0) is 10.0 Å². The molecule has 0 spiro atoms. The van der Waals surface area contributed by atoms with Crippen LogP contribution in [-0.4, -0.2) is 44.0 Å². The molecule has 0 saturated carbocycles. The molecule has 0 unspecified atom stereocenters. The topological polar surface area (TPSA) is 81.1 Å². The SMILES string of the molecule is COc1cccc(C2=NN(S(C)(=O)=O)[C@@H](c3cc4cccc(OC)c4nc3Cl)C2)c1. The van der Waals surface area contributed by atoms with Crippen LogP contribution in [0.25, 0.3) is 10.9 Å². The Balaban J connectivity index is 1.81. The van der Waals surface area contributed by atoms with Gasteiger partial charge in [-0.3, -0.25) is 0 Å². The number of hydrazone groups is 1. The van der Waals surface area contributed by atoms with Crippen molar-refractivity contribution in [2.24, 2.45) is 5.10 Å². The van der Waals surface area contributed by atoms with Gasteiger partial charge in [-0.15, -0.1) is 0 Å². The number of benzene rings is 2. The second-order valence-corrected chi connectivity index (χ2v) is 9.13. The largest absolute Gasteiger partial charge is 0.497 e. The predicted molar refractivity (Wildman–Crippen MR) is 117 cm³/mol. The van der Waals surface area contributed by atoms with E-state index in [2.05, 4.69) is 10.1 Å². The van der Waals surface area contributed by atoms with E-state index >= 15 is 0 Å². The van der Waals surface area contributed by atoms with Crippen LogP contribution >= 0.6 is 11.6 Å². The summed E-state index contributed by atoms with van der Waals surface area (Å²) in [6.45, 7) is 0. The molecule has 2 heterocycles. The van der Waals surface area contributed by atoms with Crippen LogP contribution in [0.5, 0.6) is 11.5 Å². The van der Waals surface area contributed by atoms with Crippen molar-refractivity contribution in [3.8, 4) is 11.5 Å². The third kappa shape index (κ3) is 3.68. The summed E-state index contributed by atoms with van der Waals surface area (Å²) in [5.41, 5.74) is 2.62. The maximum absolute atomic E-state index is 12.5. The number of fused-ring (bicyclic) bond motifs is 1. The summed E-state index contributed by atoms with van der Waals surface area (Å²) < 4.78 is 36.8. The lowest BCUT2D eigenvalue weighted by Crippen LogP contribution is -2.26. The highest BCUT2D eigenvalue weighted by molar-refractivity contribution is 7.88. The van der Waals surface area contributed by atoms with Crippen LogP contribution in [0.1, 0.15) is 23.6 Å². The molecule has 2 aromatic carbocycles. The number of ether oxygens (including phenoxy) is 2. The van der Waals surface area contributed by atoms with E-state index in [0.29, 0.717) is 34.7 Å². The normalized spacial score (nSPS) is 16.6. The number of hydrogen-bond donors (Lipinski definition) is 0. The molecule has 9 heteroatoms. The van der Waals surface area contributed by atoms with Crippen molar-refractivity contribution < 1.29 is 17.9 Å². The molecule has 4 rings (SSSR count). The smallest absolute Gasteiger partial charge is 0.247 e. The van der Waals surface area contributed by atoms with Crippen LogP contribution < -0.4 is 9.47 Å². The maximum Gasteiger partial charge on any atom is 0.247 e. The Morgan fingerprint density at radius 2 is 1.87 bits per heavy atom. The molecular weight excluding hydrogens is 426 g/mol. The van der Waals surface area contributed by atoms with Gasteiger partial charge in [0, 0.05) is 22.9 Å².